The van der Waals surface area contributed by atoms with Crippen LogP contribution in [0.15, 0.2) is 71.5 Å². The van der Waals surface area contributed by atoms with Crippen molar-refractivity contribution in [1.29, 1.82) is 0 Å². The molecule has 168 valence electrons. The Kier molecular flexibility index (Phi) is 5.77. The van der Waals surface area contributed by atoms with Crippen LogP contribution in [0.1, 0.15) is 47.6 Å². The highest BCUT2D eigenvalue weighted by Crippen LogP contribution is 2.27. The third kappa shape index (κ3) is 4.18. The average Bonchev–Trinajstić information content (AvgIpc) is 3.18. The van der Waals surface area contributed by atoms with Gasteiger partial charge in [-0.2, -0.15) is 5.10 Å². The fraction of sp³-hybridized carbons (Fsp3) is 0.308. The maximum atomic E-state index is 13.1. The van der Waals surface area contributed by atoms with Gasteiger partial charge in [-0.3, -0.25) is 9.36 Å². The minimum Gasteiger partial charge on any atom is -0.337 e. The Bertz CT molecular complexity index is 1330. The highest BCUT2D eigenvalue weighted by molar-refractivity contribution is 5.95. The van der Waals surface area contributed by atoms with Crippen LogP contribution in [0.2, 0.25) is 0 Å². The first-order valence-electron chi connectivity index (χ1n) is 11.5. The summed E-state index contributed by atoms with van der Waals surface area (Å²) in [4.78, 5) is 32.4. The Morgan fingerprint density at radius 3 is 2.45 bits per heavy atom. The molecule has 7 heteroatoms. The molecule has 1 saturated heterocycles. The Hall–Kier alpha value is -3.74. The fourth-order valence-corrected chi connectivity index (χ4v) is 4.60. The molecule has 0 spiro atoms. The van der Waals surface area contributed by atoms with Crippen LogP contribution < -0.4 is 5.69 Å². The van der Waals surface area contributed by atoms with Gasteiger partial charge in [0.1, 0.15) is 11.5 Å². The predicted molar refractivity (Wildman–Crippen MR) is 127 cm³/mol. The monoisotopic (exact) mass is 441 g/mol. The lowest BCUT2D eigenvalue weighted by atomic mass is 9.95. The van der Waals surface area contributed by atoms with E-state index in [9.17, 15) is 9.59 Å². The van der Waals surface area contributed by atoms with Gasteiger partial charge < -0.3 is 4.90 Å². The van der Waals surface area contributed by atoms with Crippen molar-refractivity contribution in [1.82, 2.24) is 24.2 Å². The van der Waals surface area contributed by atoms with E-state index in [-0.39, 0.29) is 17.5 Å². The maximum absolute atomic E-state index is 13.1. The molecule has 2 aromatic carbocycles. The van der Waals surface area contributed by atoms with Crippen molar-refractivity contribution in [2.24, 2.45) is 0 Å². The number of hydrogen-bond donors (Lipinski definition) is 0. The van der Waals surface area contributed by atoms with Crippen molar-refractivity contribution in [2.45, 2.75) is 38.8 Å². The van der Waals surface area contributed by atoms with Gasteiger partial charge in [-0.1, -0.05) is 54.6 Å². The lowest BCUT2D eigenvalue weighted by Gasteiger charge is -2.31. The Morgan fingerprint density at radius 2 is 1.70 bits per heavy atom. The summed E-state index contributed by atoms with van der Waals surface area (Å²) in [6.07, 6.45) is 1.56. The standard InChI is InChI=1S/C26H27N5O2/c1-2-30-24(28-31(26(30)33)18-19-8-4-3-5-9-19)21-14-16-29(17-15-21)25(32)23-13-12-20-10-6-7-11-22(20)27-23/h3-13,21H,2,14-18H2,1H3. The van der Waals surface area contributed by atoms with Crippen molar-refractivity contribution in [3.63, 3.8) is 0 Å². The maximum Gasteiger partial charge on any atom is 0.346 e. The average molecular weight is 442 g/mol. The molecule has 0 aliphatic carbocycles. The van der Waals surface area contributed by atoms with Gasteiger partial charge in [-0.15, -0.1) is 0 Å². The number of carbonyl (C=O) groups excluding carboxylic acids is 1. The molecule has 0 N–H and O–H groups in total. The van der Waals surface area contributed by atoms with Crippen molar-refractivity contribution < 1.29 is 4.79 Å². The van der Waals surface area contributed by atoms with Crippen LogP contribution in [0.25, 0.3) is 10.9 Å². The topological polar surface area (TPSA) is 73.0 Å². The summed E-state index contributed by atoms with van der Waals surface area (Å²) in [6.45, 7) is 4.28. The Labute approximate surface area is 192 Å². The highest BCUT2D eigenvalue weighted by atomic mass is 16.2. The van der Waals surface area contributed by atoms with Gasteiger partial charge >= 0.3 is 5.69 Å². The summed E-state index contributed by atoms with van der Waals surface area (Å²) in [6, 6.07) is 21.5. The molecular weight excluding hydrogens is 414 g/mol. The lowest BCUT2D eigenvalue weighted by Crippen LogP contribution is -2.39. The van der Waals surface area contributed by atoms with Crippen LogP contribution in [0.4, 0.5) is 0 Å². The number of fused-ring (bicyclic) bond motifs is 1. The van der Waals surface area contributed by atoms with Gasteiger partial charge in [0.15, 0.2) is 0 Å². The summed E-state index contributed by atoms with van der Waals surface area (Å²) in [7, 11) is 0. The summed E-state index contributed by atoms with van der Waals surface area (Å²) >= 11 is 0. The zero-order valence-electron chi connectivity index (χ0n) is 18.7. The fourth-order valence-electron chi connectivity index (χ4n) is 4.60. The molecule has 0 unspecified atom stereocenters. The molecule has 5 rings (SSSR count). The third-order valence-corrected chi connectivity index (χ3v) is 6.41. The molecular formula is C26H27N5O2. The Morgan fingerprint density at radius 1 is 0.970 bits per heavy atom. The van der Waals surface area contributed by atoms with E-state index < -0.39 is 0 Å². The van der Waals surface area contributed by atoms with Gasteiger partial charge in [-0.25, -0.2) is 14.5 Å². The van der Waals surface area contributed by atoms with Crippen molar-refractivity contribution in [3.05, 3.63) is 94.3 Å². The normalized spacial score (nSPS) is 14.6. The van der Waals surface area contributed by atoms with E-state index in [4.69, 9.17) is 5.10 Å². The second-order valence-electron chi connectivity index (χ2n) is 8.48. The van der Waals surface area contributed by atoms with Crippen LogP contribution >= 0.6 is 0 Å². The van der Waals surface area contributed by atoms with Crippen LogP contribution in [0.5, 0.6) is 0 Å². The lowest BCUT2D eigenvalue weighted by molar-refractivity contribution is 0.0704. The summed E-state index contributed by atoms with van der Waals surface area (Å²) < 4.78 is 3.33. The van der Waals surface area contributed by atoms with E-state index in [2.05, 4.69) is 4.98 Å². The zero-order valence-corrected chi connectivity index (χ0v) is 18.7. The smallest absolute Gasteiger partial charge is 0.337 e. The number of piperidine rings is 1. The minimum absolute atomic E-state index is 0.0401. The van der Waals surface area contributed by atoms with Gasteiger partial charge in [0.25, 0.3) is 5.91 Å². The van der Waals surface area contributed by atoms with Crippen LogP contribution in [-0.2, 0) is 13.1 Å². The summed E-state index contributed by atoms with van der Waals surface area (Å²) in [5.74, 6) is 0.944. The second-order valence-corrected chi connectivity index (χ2v) is 8.48. The van der Waals surface area contributed by atoms with E-state index >= 15 is 0 Å². The first-order valence-corrected chi connectivity index (χ1v) is 11.5. The number of pyridine rings is 1. The van der Waals surface area contributed by atoms with Crippen molar-refractivity contribution in [2.75, 3.05) is 13.1 Å². The quantitative estimate of drug-likeness (QED) is 0.474. The number of benzene rings is 2. The highest BCUT2D eigenvalue weighted by Gasteiger charge is 2.29. The van der Waals surface area contributed by atoms with E-state index in [0.717, 1.165) is 35.1 Å². The SMILES string of the molecule is CCn1c(C2CCN(C(=O)c3ccc4ccccc4n3)CC2)nn(Cc2ccccc2)c1=O. The van der Waals surface area contributed by atoms with E-state index in [0.29, 0.717) is 31.9 Å². The van der Waals surface area contributed by atoms with Crippen LogP contribution in [0.3, 0.4) is 0 Å². The summed E-state index contributed by atoms with van der Waals surface area (Å²) in [5.41, 5.74) is 2.28. The molecule has 7 nitrogen and oxygen atoms in total. The molecule has 1 aliphatic rings. The molecule has 33 heavy (non-hydrogen) atoms. The number of hydrogen-bond acceptors (Lipinski definition) is 4. The molecule has 3 heterocycles. The van der Waals surface area contributed by atoms with E-state index in [1.807, 2.05) is 72.5 Å². The van der Waals surface area contributed by atoms with Crippen LogP contribution in [0, 0.1) is 0 Å². The van der Waals surface area contributed by atoms with Crippen LogP contribution in [-0.4, -0.2) is 43.2 Å². The van der Waals surface area contributed by atoms with Crippen molar-refractivity contribution >= 4 is 16.8 Å². The van der Waals surface area contributed by atoms with Gasteiger partial charge in [-0.05, 0) is 37.5 Å². The number of para-hydroxylation sites is 1. The molecule has 0 saturated carbocycles. The third-order valence-electron chi connectivity index (χ3n) is 6.41. The first kappa shape index (κ1) is 21.1. The molecule has 0 atom stereocenters. The first-order chi connectivity index (χ1) is 16.1. The molecule has 1 amide bonds. The largest absolute Gasteiger partial charge is 0.346 e. The molecule has 0 bridgehead atoms. The number of likely N-dealkylation sites (tertiary alicyclic amines) is 1. The molecule has 1 aliphatic heterocycles. The van der Waals surface area contributed by atoms with E-state index in [1.54, 1.807) is 15.3 Å². The second kappa shape index (κ2) is 9.02. The van der Waals surface area contributed by atoms with Gasteiger partial charge in [0.05, 0.1) is 12.1 Å². The number of amides is 1. The molecule has 1 fully saturated rings. The minimum atomic E-state index is -0.0739. The molecule has 0 radical (unpaired) electrons. The Balaban J connectivity index is 1.30. The molecule has 4 aromatic rings. The summed E-state index contributed by atoms with van der Waals surface area (Å²) in [5, 5.41) is 5.74. The van der Waals surface area contributed by atoms with E-state index in [1.165, 1.54) is 0 Å². The van der Waals surface area contributed by atoms with Crippen molar-refractivity contribution in [3.8, 4) is 0 Å². The van der Waals surface area contributed by atoms with Gasteiger partial charge in [0, 0.05) is 30.9 Å². The predicted octanol–water partition coefficient (Wildman–Crippen LogP) is 3.68. The number of rotatable bonds is 5. The number of aromatic nitrogens is 4. The number of carbonyl (C=O) groups is 1. The zero-order chi connectivity index (χ0) is 22.8. The number of nitrogens with zero attached hydrogens (tertiary/aromatic N) is 5. The molecule has 2 aromatic heterocycles. The van der Waals surface area contributed by atoms with Gasteiger partial charge in [0.2, 0.25) is 0 Å².